The third kappa shape index (κ3) is 4.38. The Hall–Kier alpha value is -0.750. The van der Waals surface area contributed by atoms with Gasteiger partial charge in [0.1, 0.15) is 0 Å². The van der Waals surface area contributed by atoms with Crippen molar-refractivity contribution in [3.8, 4) is 0 Å². The number of piperidine rings is 1. The molecule has 0 spiro atoms. The van der Waals surface area contributed by atoms with E-state index in [0.29, 0.717) is 11.9 Å². The van der Waals surface area contributed by atoms with E-state index >= 15 is 0 Å². The highest BCUT2D eigenvalue weighted by atomic mass is 35.5. The van der Waals surface area contributed by atoms with Gasteiger partial charge in [-0.05, 0) is 51.0 Å². The summed E-state index contributed by atoms with van der Waals surface area (Å²) in [6.07, 6.45) is 5.75. The normalized spacial score (nSPS) is 16.3. The largest absolute Gasteiger partial charge is 0.353 e. The molecule has 0 radical (unpaired) electrons. The van der Waals surface area contributed by atoms with E-state index in [9.17, 15) is 0 Å². The summed E-state index contributed by atoms with van der Waals surface area (Å²) < 4.78 is 0.129. The van der Waals surface area contributed by atoms with Crippen LogP contribution in [-0.4, -0.2) is 45.6 Å². The summed E-state index contributed by atoms with van der Waals surface area (Å²) in [5, 5.41) is 3.52. The van der Waals surface area contributed by atoms with Gasteiger partial charge in [0.2, 0.25) is 17.2 Å². The Bertz CT molecular complexity index is 448. The van der Waals surface area contributed by atoms with Crippen LogP contribution in [0.4, 0.5) is 11.9 Å². The number of nitrogens with zero attached hydrogens (tertiary/aromatic N) is 4. The van der Waals surface area contributed by atoms with Crippen molar-refractivity contribution in [2.45, 2.75) is 37.9 Å². The predicted molar refractivity (Wildman–Crippen MR) is 87.0 cm³/mol. The van der Waals surface area contributed by atoms with Crippen LogP contribution in [0.5, 0.6) is 0 Å². The molecule has 1 fully saturated rings. The molecule has 1 aliphatic rings. The van der Waals surface area contributed by atoms with Crippen LogP contribution < -0.4 is 10.2 Å². The fraction of sp³-hybridized carbons (Fsp3) is 0.769. The summed E-state index contributed by atoms with van der Waals surface area (Å²) in [6.45, 7) is 7.14. The Morgan fingerprint density at radius 3 is 2.55 bits per heavy atom. The van der Waals surface area contributed by atoms with Gasteiger partial charge in [0, 0.05) is 24.4 Å². The van der Waals surface area contributed by atoms with Gasteiger partial charge in [0.15, 0.2) is 0 Å². The Labute approximate surface area is 129 Å². The standard InChI is InChI=1S/C13H22ClN5S/c1-13(2,20-3)9-15-11-16-10(14)17-12(18-11)19-7-5-4-6-8-19/h4-9H2,1-3H3,(H,15,16,17,18). The van der Waals surface area contributed by atoms with Gasteiger partial charge >= 0.3 is 0 Å². The van der Waals surface area contributed by atoms with Crippen LogP contribution in [0.3, 0.4) is 0 Å². The van der Waals surface area contributed by atoms with Crippen LogP contribution in [0.15, 0.2) is 0 Å². The van der Waals surface area contributed by atoms with Crippen molar-refractivity contribution in [3.63, 3.8) is 0 Å². The summed E-state index contributed by atoms with van der Waals surface area (Å²) in [5.74, 6) is 1.25. The van der Waals surface area contributed by atoms with Crippen LogP contribution in [-0.2, 0) is 0 Å². The zero-order chi connectivity index (χ0) is 14.6. The number of anilines is 2. The van der Waals surface area contributed by atoms with Crippen molar-refractivity contribution in [1.82, 2.24) is 15.0 Å². The maximum Gasteiger partial charge on any atom is 0.231 e. The minimum absolute atomic E-state index is 0.129. The SMILES string of the molecule is CSC(C)(C)CNc1nc(Cl)nc(N2CCCCC2)n1. The highest BCUT2D eigenvalue weighted by Crippen LogP contribution is 2.22. The number of aromatic nitrogens is 3. The van der Waals surface area contributed by atoms with E-state index in [-0.39, 0.29) is 10.0 Å². The van der Waals surface area contributed by atoms with Crippen LogP contribution >= 0.6 is 23.4 Å². The summed E-state index contributed by atoms with van der Waals surface area (Å²) >= 11 is 7.82. The zero-order valence-electron chi connectivity index (χ0n) is 12.3. The topological polar surface area (TPSA) is 53.9 Å². The first-order chi connectivity index (χ1) is 9.50. The molecule has 0 amide bonds. The molecule has 0 bridgehead atoms. The minimum atomic E-state index is 0.129. The molecule has 20 heavy (non-hydrogen) atoms. The van der Waals surface area contributed by atoms with E-state index in [1.54, 1.807) is 11.8 Å². The molecule has 1 aliphatic heterocycles. The van der Waals surface area contributed by atoms with E-state index in [0.717, 1.165) is 19.6 Å². The summed E-state index contributed by atoms with van der Waals surface area (Å²) in [7, 11) is 0. The third-order valence-corrected chi connectivity index (χ3v) is 4.88. The number of hydrogen-bond donors (Lipinski definition) is 1. The molecule has 0 atom stereocenters. The Morgan fingerprint density at radius 2 is 1.90 bits per heavy atom. The first-order valence-electron chi connectivity index (χ1n) is 6.96. The van der Waals surface area contributed by atoms with Crippen LogP contribution in [0.25, 0.3) is 0 Å². The van der Waals surface area contributed by atoms with Crippen molar-refractivity contribution < 1.29 is 0 Å². The molecule has 1 saturated heterocycles. The zero-order valence-corrected chi connectivity index (χ0v) is 13.9. The summed E-state index contributed by atoms with van der Waals surface area (Å²) in [4.78, 5) is 15.1. The van der Waals surface area contributed by atoms with Crippen LogP contribution in [0.1, 0.15) is 33.1 Å². The highest BCUT2D eigenvalue weighted by Gasteiger charge is 2.18. The quantitative estimate of drug-likeness (QED) is 0.901. The Morgan fingerprint density at radius 1 is 1.20 bits per heavy atom. The van der Waals surface area contributed by atoms with E-state index in [4.69, 9.17) is 11.6 Å². The lowest BCUT2D eigenvalue weighted by Gasteiger charge is -2.27. The maximum absolute atomic E-state index is 6.02. The number of rotatable bonds is 5. The lowest BCUT2D eigenvalue weighted by Crippen LogP contribution is -2.32. The molecule has 112 valence electrons. The fourth-order valence-electron chi connectivity index (χ4n) is 2.02. The molecule has 2 rings (SSSR count). The third-order valence-electron chi connectivity index (χ3n) is 3.46. The van der Waals surface area contributed by atoms with Gasteiger partial charge < -0.3 is 10.2 Å². The monoisotopic (exact) mass is 315 g/mol. The molecule has 0 saturated carbocycles. The van der Waals surface area contributed by atoms with Crippen molar-refractivity contribution in [1.29, 1.82) is 0 Å². The molecule has 1 aromatic heterocycles. The van der Waals surface area contributed by atoms with Crippen molar-refractivity contribution in [3.05, 3.63) is 5.28 Å². The minimum Gasteiger partial charge on any atom is -0.353 e. The maximum atomic E-state index is 6.02. The lowest BCUT2D eigenvalue weighted by atomic mass is 10.1. The van der Waals surface area contributed by atoms with Gasteiger partial charge in [-0.2, -0.15) is 26.7 Å². The average Bonchev–Trinajstić information content (AvgIpc) is 2.46. The Kier molecular flexibility index (Phi) is 5.32. The second-order valence-corrected chi connectivity index (χ2v) is 7.44. The van der Waals surface area contributed by atoms with E-state index in [1.165, 1.54) is 19.3 Å². The number of nitrogens with one attached hydrogen (secondary N) is 1. The second-order valence-electron chi connectivity index (χ2n) is 5.59. The molecule has 0 unspecified atom stereocenters. The average molecular weight is 316 g/mol. The van der Waals surface area contributed by atoms with Gasteiger partial charge in [-0.15, -0.1) is 0 Å². The molecule has 0 aliphatic carbocycles. The first kappa shape index (κ1) is 15.6. The smallest absolute Gasteiger partial charge is 0.231 e. The molecule has 1 N–H and O–H groups in total. The van der Waals surface area contributed by atoms with Crippen molar-refractivity contribution in [2.75, 3.05) is 36.1 Å². The first-order valence-corrected chi connectivity index (χ1v) is 8.56. The van der Waals surface area contributed by atoms with E-state index < -0.39 is 0 Å². The van der Waals surface area contributed by atoms with Crippen molar-refractivity contribution in [2.24, 2.45) is 0 Å². The summed E-state index contributed by atoms with van der Waals surface area (Å²) in [5.41, 5.74) is 0. The van der Waals surface area contributed by atoms with Crippen molar-refractivity contribution >= 4 is 35.3 Å². The van der Waals surface area contributed by atoms with Gasteiger partial charge in [-0.3, -0.25) is 0 Å². The number of hydrogen-bond acceptors (Lipinski definition) is 6. The van der Waals surface area contributed by atoms with Crippen LogP contribution in [0.2, 0.25) is 5.28 Å². The Balaban J connectivity index is 2.08. The number of halogens is 1. The second kappa shape index (κ2) is 6.80. The van der Waals surface area contributed by atoms with E-state index in [2.05, 4.69) is 45.3 Å². The van der Waals surface area contributed by atoms with Crippen LogP contribution in [0, 0.1) is 0 Å². The molecule has 7 heteroatoms. The molecule has 2 heterocycles. The molecular formula is C13H22ClN5S. The van der Waals surface area contributed by atoms with Gasteiger partial charge in [-0.1, -0.05) is 0 Å². The molecule has 5 nitrogen and oxygen atoms in total. The summed E-state index contributed by atoms with van der Waals surface area (Å²) in [6, 6.07) is 0. The van der Waals surface area contributed by atoms with E-state index in [1.807, 2.05) is 0 Å². The van der Waals surface area contributed by atoms with Gasteiger partial charge in [-0.25, -0.2) is 0 Å². The molecule has 0 aromatic carbocycles. The van der Waals surface area contributed by atoms with Gasteiger partial charge in [0.25, 0.3) is 0 Å². The lowest BCUT2D eigenvalue weighted by molar-refractivity contribution is 0.567. The predicted octanol–water partition coefficient (Wildman–Crippen LogP) is 3.07. The molecular weight excluding hydrogens is 294 g/mol. The highest BCUT2D eigenvalue weighted by molar-refractivity contribution is 7.99. The molecule has 1 aromatic rings. The van der Waals surface area contributed by atoms with Gasteiger partial charge in [0.05, 0.1) is 0 Å². The fourth-order valence-corrected chi connectivity index (χ4v) is 2.39. The number of thioether (sulfide) groups is 1.